The third-order valence-corrected chi connectivity index (χ3v) is 10.2. The number of unbranched alkanes of at least 4 members (excludes halogenated alkanes) is 9. The maximum absolute atomic E-state index is 12.8. The Kier molecular flexibility index (Phi) is 36.4. The van der Waals surface area contributed by atoms with Crippen LogP contribution in [-0.4, -0.2) is 97.5 Å². The van der Waals surface area contributed by atoms with Crippen LogP contribution in [0.25, 0.3) is 0 Å². The molecule has 6 unspecified atom stereocenters. The predicted octanol–water partition coefficient (Wildman–Crippen LogP) is 9.85. The van der Waals surface area contributed by atoms with Crippen LogP contribution in [0.15, 0.2) is 97.2 Å². The lowest BCUT2D eigenvalue weighted by molar-refractivity contribution is -0.301. The van der Waals surface area contributed by atoms with Gasteiger partial charge in [0.15, 0.2) is 6.29 Å². The van der Waals surface area contributed by atoms with Gasteiger partial charge >= 0.3 is 16.4 Å². The van der Waals surface area contributed by atoms with E-state index in [1.54, 1.807) is 0 Å². The van der Waals surface area contributed by atoms with Crippen molar-refractivity contribution in [3.05, 3.63) is 97.2 Å². The molecule has 0 amide bonds. The van der Waals surface area contributed by atoms with Gasteiger partial charge in [-0.2, -0.15) is 8.42 Å². The molecule has 62 heavy (non-hydrogen) atoms. The van der Waals surface area contributed by atoms with Crippen LogP contribution in [0, 0.1) is 0 Å². The fourth-order valence-corrected chi connectivity index (χ4v) is 6.76. The molecular weight excluding hydrogens is 813 g/mol. The Bertz CT molecular complexity index is 1450. The van der Waals surface area contributed by atoms with Gasteiger partial charge in [0.05, 0.1) is 19.8 Å². The minimum Gasteiger partial charge on any atom is -0.457 e. The van der Waals surface area contributed by atoms with E-state index in [0.29, 0.717) is 13.0 Å². The topological polar surface area (TPSA) is 178 Å². The molecule has 1 saturated heterocycles. The van der Waals surface area contributed by atoms with Crippen molar-refractivity contribution in [2.45, 2.75) is 179 Å². The van der Waals surface area contributed by atoms with E-state index in [1.807, 2.05) is 12.2 Å². The smallest absolute Gasteiger partial charge is 0.397 e. The molecule has 0 spiro atoms. The van der Waals surface area contributed by atoms with E-state index in [0.717, 1.165) is 77.0 Å². The number of esters is 1. The highest BCUT2D eigenvalue weighted by Gasteiger charge is 2.48. The Hall–Kier alpha value is -2.98. The number of hydrogen-bond donors (Lipinski definition) is 4. The number of carbonyl (C=O) groups is 1. The molecule has 0 bridgehead atoms. The molecule has 13 heteroatoms. The van der Waals surface area contributed by atoms with Gasteiger partial charge in [-0.3, -0.25) is 9.35 Å². The molecule has 1 aliphatic rings. The monoisotopic (exact) mass is 893 g/mol. The summed E-state index contributed by atoms with van der Waals surface area (Å²) in [6, 6.07) is 0. The van der Waals surface area contributed by atoms with Crippen LogP contribution >= 0.6 is 0 Å². The maximum atomic E-state index is 12.8. The third kappa shape index (κ3) is 32.7. The zero-order chi connectivity index (χ0) is 45.4. The summed E-state index contributed by atoms with van der Waals surface area (Å²) in [4.78, 5) is 12.8. The van der Waals surface area contributed by atoms with E-state index in [-0.39, 0.29) is 19.6 Å². The minimum atomic E-state index is -5.08. The van der Waals surface area contributed by atoms with Crippen LogP contribution in [0.5, 0.6) is 0 Å². The minimum absolute atomic E-state index is 0.00820. The second kappa shape index (κ2) is 39.6. The van der Waals surface area contributed by atoms with Crippen molar-refractivity contribution in [2.75, 3.05) is 26.4 Å². The molecule has 1 aliphatic heterocycles. The third-order valence-electron chi connectivity index (χ3n) is 9.70. The second-order valence-corrected chi connectivity index (χ2v) is 16.3. The maximum Gasteiger partial charge on any atom is 0.397 e. The molecule has 1 rings (SSSR count). The van der Waals surface area contributed by atoms with Crippen LogP contribution in [-0.2, 0) is 38.3 Å². The molecule has 0 aromatic rings. The Morgan fingerprint density at radius 1 is 0.629 bits per heavy atom. The summed E-state index contributed by atoms with van der Waals surface area (Å²) in [6.45, 7) is 3.70. The first kappa shape index (κ1) is 57.0. The van der Waals surface area contributed by atoms with E-state index in [1.165, 1.54) is 38.5 Å². The fraction of sp³-hybridized carbons (Fsp3) is 0.653. The highest BCUT2D eigenvalue weighted by Crippen LogP contribution is 2.26. The number of hydrogen-bond acceptors (Lipinski definition) is 11. The van der Waals surface area contributed by atoms with Gasteiger partial charge in [-0.15, -0.1) is 0 Å². The molecule has 0 radical (unpaired) electrons. The van der Waals surface area contributed by atoms with Crippen molar-refractivity contribution >= 4 is 16.4 Å². The van der Waals surface area contributed by atoms with Crippen molar-refractivity contribution < 1.29 is 56.2 Å². The van der Waals surface area contributed by atoms with Crippen LogP contribution in [0.3, 0.4) is 0 Å². The summed E-state index contributed by atoms with van der Waals surface area (Å²) in [6.07, 6.45) is 44.5. The van der Waals surface area contributed by atoms with Crippen molar-refractivity contribution in [2.24, 2.45) is 0 Å². The van der Waals surface area contributed by atoms with Crippen molar-refractivity contribution in [1.82, 2.24) is 0 Å². The van der Waals surface area contributed by atoms with Crippen LogP contribution < -0.4 is 0 Å². The molecule has 0 aromatic carbocycles. The molecule has 0 aromatic heterocycles. The first-order chi connectivity index (χ1) is 30.1. The zero-order valence-electron chi connectivity index (χ0n) is 37.6. The van der Waals surface area contributed by atoms with E-state index >= 15 is 0 Å². The first-order valence-corrected chi connectivity index (χ1v) is 24.4. The van der Waals surface area contributed by atoms with Gasteiger partial charge in [0, 0.05) is 13.0 Å². The lowest BCUT2D eigenvalue weighted by Gasteiger charge is -2.41. The molecular formula is C49H80O12S. The Balaban J connectivity index is 2.50. The van der Waals surface area contributed by atoms with E-state index in [2.05, 4.69) is 103 Å². The molecule has 0 aliphatic carbocycles. The van der Waals surface area contributed by atoms with Crippen molar-refractivity contribution in [3.8, 4) is 0 Å². The number of aliphatic hydroxyl groups is 3. The first-order valence-electron chi connectivity index (χ1n) is 23.0. The largest absolute Gasteiger partial charge is 0.457 e. The molecule has 1 fully saturated rings. The molecule has 354 valence electrons. The van der Waals surface area contributed by atoms with Gasteiger partial charge in [0.2, 0.25) is 0 Å². The van der Waals surface area contributed by atoms with Gasteiger partial charge in [0.25, 0.3) is 0 Å². The fourth-order valence-electron chi connectivity index (χ4n) is 6.26. The normalized spacial score (nSPS) is 20.9. The number of ether oxygens (including phenoxy) is 4. The molecule has 6 atom stereocenters. The van der Waals surface area contributed by atoms with Gasteiger partial charge < -0.3 is 34.3 Å². The molecule has 0 saturated carbocycles. The Labute approximate surface area is 374 Å². The molecule has 4 N–H and O–H groups in total. The average molecular weight is 893 g/mol. The van der Waals surface area contributed by atoms with Crippen LogP contribution in [0.1, 0.15) is 142 Å². The summed E-state index contributed by atoms with van der Waals surface area (Å²) in [5.74, 6) is -0.489. The number of rotatable bonds is 38. The summed E-state index contributed by atoms with van der Waals surface area (Å²) in [5, 5.41) is 30.7. The van der Waals surface area contributed by atoms with Gasteiger partial charge in [0.1, 0.15) is 30.5 Å². The predicted molar refractivity (Wildman–Crippen MR) is 248 cm³/mol. The summed E-state index contributed by atoms with van der Waals surface area (Å²) < 4.78 is 59.0. The van der Waals surface area contributed by atoms with Crippen LogP contribution in [0.4, 0.5) is 0 Å². The van der Waals surface area contributed by atoms with E-state index in [9.17, 15) is 28.5 Å². The molecule has 1 heterocycles. The summed E-state index contributed by atoms with van der Waals surface area (Å²) >= 11 is 0. The van der Waals surface area contributed by atoms with E-state index in [4.69, 9.17) is 23.5 Å². The summed E-state index contributed by atoms with van der Waals surface area (Å²) in [7, 11) is -5.08. The zero-order valence-corrected chi connectivity index (χ0v) is 38.5. The standard InChI is InChI=1S/C49H80O12S/c1-3-5-7-9-11-13-15-17-19-21-22-23-24-26-28-30-32-34-36-38-45(51)59-43(42-58-49-47(53)48(61-62(54,55)56)46(52)44(40-50)60-49)41-57-39-37-35-33-31-29-27-25-20-18-16-14-12-10-8-6-4-2/h5,7,11-14,17-20,22-23,26,28,32,34,43-44,46-50,52-53H,3-4,6,8-10,15-16,21,24-25,27,29-31,33,35-42H2,1-2H3,(H,54,55,56)/b7-5-,13-11-,14-12-,19-17-,20-18-,23-22-,28-26-,34-32-. The summed E-state index contributed by atoms with van der Waals surface area (Å²) in [5.41, 5.74) is 0. The Morgan fingerprint density at radius 3 is 1.63 bits per heavy atom. The Morgan fingerprint density at radius 2 is 1.11 bits per heavy atom. The molecule has 12 nitrogen and oxygen atoms in total. The SMILES string of the molecule is CC/C=C\C/C=C\C/C=C\C/C=C\C/C=C\C/C=C\CCC(=O)OC(COCCCCCCCC/C=C\C/C=C\CCCCC)COC1OC(CO)C(O)C(OS(=O)(=O)O)C1O. The number of carbonyl (C=O) groups excluding carboxylic acids is 1. The highest BCUT2D eigenvalue weighted by atomic mass is 32.3. The van der Waals surface area contributed by atoms with Gasteiger partial charge in [-0.25, -0.2) is 4.18 Å². The van der Waals surface area contributed by atoms with Crippen LogP contribution in [0.2, 0.25) is 0 Å². The second-order valence-electron chi connectivity index (χ2n) is 15.3. The lowest BCUT2D eigenvalue weighted by Crippen LogP contribution is -2.60. The van der Waals surface area contributed by atoms with E-state index < -0.39 is 59.8 Å². The van der Waals surface area contributed by atoms with Gasteiger partial charge in [-0.1, -0.05) is 150 Å². The lowest BCUT2D eigenvalue weighted by atomic mass is 9.99. The quantitative estimate of drug-likeness (QED) is 0.0200. The van der Waals surface area contributed by atoms with Crippen molar-refractivity contribution in [3.63, 3.8) is 0 Å². The highest BCUT2D eigenvalue weighted by molar-refractivity contribution is 7.80. The number of aliphatic hydroxyl groups excluding tert-OH is 3. The van der Waals surface area contributed by atoms with Gasteiger partial charge in [-0.05, 0) is 83.5 Å². The number of allylic oxidation sites excluding steroid dienone is 16. The van der Waals surface area contributed by atoms with Crippen molar-refractivity contribution in [1.29, 1.82) is 0 Å². The average Bonchev–Trinajstić information content (AvgIpc) is 3.24.